The van der Waals surface area contributed by atoms with Crippen molar-refractivity contribution in [3.8, 4) is 0 Å². The zero-order valence-electron chi connectivity index (χ0n) is 9.12. The summed E-state index contributed by atoms with van der Waals surface area (Å²) in [7, 11) is 0. The first-order chi connectivity index (χ1) is 7.15. The third-order valence-electron chi connectivity index (χ3n) is 3.19. The molecule has 2 rings (SSSR count). The molecule has 1 aromatic heterocycles. The molecule has 0 bridgehead atoms. The lowest BCUT2D eigenvalue weighted by molar-refractivity contribution is 0.0805. The second kappa shape index (κ2) is 3.93. The Hall–Kier alpha value is -0.900. The van der Waals surface area contributed by atoms with Gasteiger partial charge < -0.3 is 10.3 Å². The van der Waals surface area contributed by atoms with Crippen LogP contribution in [0.25, 0.3) is 0 Å². The highest BCUT2D eigenvalue weighted by molar-refractivity contribution is 5.08. The van der Waals surface area contributed by atoms with Crippen LogP contribution in [0.2, 0.25) is 0 Å². The third kappa shape index (κ3) is 1.91. The van der Waals surface area contributed by atoms with Crippen molar-refractivity contribution in [2.24, 2.45) is 5.73 Å². The van der Waals surface area contributed by atoms with E-state index in [-0.39, 0.29) is 6.04 Å². The quantitative estimate of drug-likeness (QED) is 0.812. The number of rotatable bonds is 2. The van der Waals surface area contributed by atoms with E-state index in [1.54, 1.807) is 6.20 Å². The molecule has 0 spiro atoms. The van der Waals surface area contributed by atoms with Crippen LogP contribution in [-0.4, -0.2) is 15.6 Å². The normalized spacial score (nSPS) is 31.8. The number of aryl methyl sites for hydroxylation is 1. The Bertz CT molecular complexity index is 336. The van der Waals surface area contributed by atoms with E-state index < -0.39 is 5.67 Å². The lowest BCUT2D eigenvalue weighted by atomic mass is 9.83. The minimum Gasteiger partial charge on any atom is -0.333 e. The molecule has 2 atom stereocenters. The molecule has 1 aromatic rings. The van der Waals surface area contributed by atoms with Crippen LogP contribution < -0.4 is 5.73 Å². The van der Waals surface area contributed by atoms with Crippen molar-refractivity contribution < 1.29 is 4.39 Å². The van der Waals surface area contributed by atoms with Gasteiger partial charge in [-0.15, -0.1) is 0 Å². The van der Waals surface area contributed by atoms with E-state index in [4.69, 9.17) is 5.73 Å². The van der Waals surface area contributed by atoms with Gasteiger partial charge in [0.25, 0.3) is 0 Å². The highest BCUT2D eigenvalue weighted by Gasteiger charge is 2.40. The zero-order valence-corrected chi connectivity index (χ0v) is 9.12. The summed E-state index contributed by atoms with van der Waals surface area (Å²) in [5, 5.41) is 0. The van der Waals surface area contributed by atoms with Gasteiger partial charge in [-0.05, 0) is 26.2 Å². The molecule has 1 fully saturated rings. The molecular formula is C11H18FN3. The molecule has 0 saturated heterocycles. The summed E-state index contributed by atoms with van der Waals surface area (Å²) in [4.78, 5) is 4.15. The van der Waals surface area contributed by atoms with Gasteiger partial charge in [-0.25, -0.2) is 9.37 Å². The second-order valence-electron chi connectivity index (χ2n) is 4.36. The topological polar surface area (TPSA) is 43.8 Å². The predicted octanol–water partition coefficient (Wildman–Crippen LogP) is 1.97. The van der Waals surface area contributed by atoms with Crippen LogP contribution in [0, 0.1) is 0 Å². The molecule has 0 aromatic carbocycles. The highest BCUT2D eigenvalue weighted by Crippen LogP contribution is 2.39. The zero-order chi connectivity index (χ0) is 10.9. The summed E-state index contributed by atoms with van der Waals surface area (Å²) < 4.78 is 16.5. The maximum atomic E-state index is 14.7. The monoisotopic (exact) mass is 211 g/mol. The Balaban J connectivity index is 2.27. The average molecular weight is 211 g/mol. The molecule has 2 N–H and O–H groups in total. The largest absolute Gasteiger partial charge is 0.333 e. The van der Waals surface area contributed by atoms with E-state index >= 15 is 0 Å². The number of imidazole rings is 1. The SMILES string of the molecule is CCn1ccnc1C1(F)CCCC(N)C1. The van der Waals surface area contributed by atoms with Crippen LogP contribution in [0.15, 0.2) is 12.4 Å². The van der Waals surface area contributed by atoms with Gasteiger partial charge in [0.1, 0.15) is 5.82 Å². The standard InChI is InChI=1S/C11H18FN3/c1-2-15-7-6-14-10(15)11(12)5-3-4-9(13)8-11/h6-7,9H,2-5,8,13H2,1H3. The van der Waals surface area contributed by atoms with E-state index in [1.807, 2.05) is 17.7 Å². The molecule has 0 radical (unpaired) electrons. The van der Waals surface area contributed by atoms with Crippen LogP contribution in [-0.2, 0) is 12.2 Å². The van der Waals surface area contributed by atoms with Gasteiger partial charge in [-0.2, -0.15) is 0 Å². The van der Waals surface area contributed by atoms with E-state index in [1.165, 1.54) is 0 Å². The molecule has 4 heteroatoms. The molecule has 1 saturated carbocycles. The summed E-state index contributed by atoms with van der Waals surface area (Å²) in [5.74, 6) is 0.556. The third-order valence-corrected chi connectivity index (χ3v) is 3.19. The van der Waals surface area contributed by atoms with Crippen molar-refractivity contribution in [1.29, 1.82) is 0 Å². The minimum absolute atomic E-state index is 0.0224. The van der Waals surface area contributed by atoms with Gasteiger partial charge in [0, 0.05) is 31.4 Å². The molecule has 2 unspecified atom stereocenters. The molecule has 15 heavy (non-hydrogen) atoms. The first-order valence-corrected chi connectivity index (χ1v) is 5.62. The molecule has 1 aliphatic carbocycles. The number of nitrogens with zero attached hydrogens (tertiary/aromatic N) is 2. The van der Waals surface area contributed by atoms with Gasteiger partial charge in [0.05, 0.1) is 0 Å². The van der Waals surface area contributed by atoms with E-state index in [9.17, 15) is 4.39 Å². The fourth-order valence-electron chi connectivity index (χ4n) is 2.42. The Kier molecular flexibility index (Phi) is 2.78. The van der Waals surface area contributed by atoms with E-state index in [2.05, 4.69) is 4.98 Å². The number of nitrogens with two attached hydrogens (primary N) is 1. The van der Waals surface area contributed by atoms with Gasteiger partial charge in [-0.1, -0.05) is 0 Å². The molecule has 0 aliphatic heterocycles. The maximum Gasteiger partial charge on any atom is 0.169 e. The van der Waals surface area contributed by atoms with Crippen LogP contribution in [0.3, 0.4) is 0 Å². The second-order valence-corrected chi connectivity index (χ2v) is 4.36. The summed E-state index contributed by atoms with van der Waals surface area (Å²) in [6.45, 7) is 2.76. The predicted molar refractivity (Wildman–Crippen MR) is 57.1 cm³/mol. The van der Waals surface area contributed by atoms with Gasteiger partial charge in [-0.3, -0.25) is 0 Å². The van der Waals surface area contributed by atoms with Crippen molar-refractivity contribution in [3.05, 3.63) is 18.2 Å². The average Bonchev–Trinajstić information content (AvgIpc) is 2.65. The lowest BCUT2D eigenvalue weighted by Crippen LogP contribution is -2.38. The maximum absolute atomic E-state index is 14.7. The number of hydrogen-bond donors (Lipinski definition) is 1. The van der Waals surface area contributed by atoms with Crippen LogP contribution in [0.4, 0.5) is 4.39 Å². The van der Waals surface area contributed by atoms with E-state index in [0.717, 1.165) is 19.4 Å². The van der Waals surface area contributed by atoms with Crippen LogP contribution >= 0.6 is 0 Å². The number of aromatic nitrogens is 2. The fraction of sp³-hybridized carbons (Fsp3) is 0.727. The lowest BCUT2D eigenvalue weighted by Gasteiger charge is -2.32. The number of alkyl halides is 1. The molecule has 1 heterocycles. The molecular weight excluding hydrogens is 193 g/mol. The minimum atomic E-state index is -1.31. The van der Waals surface area contributed by atoms with Crippen LogP contribution in [0.1, 0.15) is 38.4 Å². The molecule has 84 valence electrons. The van der Waals surface area contributed by atoms with Crippen LogP contribution in [0.5, 0.6) is 0 Å². The van der Waals surface area contributed by atoms with E-state index in [0.29, 0.717) is 18.7 Å². The molecule has 1 aliphatic rings. The first-order valence-electron chi connectivity index (χ1n) is 5.62. The summed E-state index contributed by atoms with van der Waals surface area (Å²) in [6.07, 6.45) is 6.24. The summed E-state index contributed by atoms with van der Waals surface area (Å²) >= 11 is 0. The summed E-state index contributed by atoms with van der Waals surface area (Å²) in [6, 6.07) is -0.0224. The summed E-state index contributed by atoms with van der Waals surface area (Å²) in [5.41, 5.74) is 4.52. The number of halogens is 1. The Morgan fingerprint density at radius 3 is 3.20 bits per heavy atom. The van der Waals surface area contributed by atoms with Crippen molar-refractivity contribution in [3.63, 3.8) is 0 Å². The first kappa shape index (κ1) is 10.6. The Morgan fingerprint density at radius 1 is 1.73 bits per heavy atom. The molecule has 3 nitrogen and oxygen atoms in total. The smallest absolute Gasteiger partial charge is 0.169 e. The van der Waals surface area contributed by atoms with Gasteiger partial charge in [0.15, 0.2) is 5.67 Å². The fourth-order valence-corrected chi connectivity index (χ4v) is 2.42. The highest BCUT2D eigenvalue weighted by atomic mass is 19.1. The number of hydrogen-bond acceptors (Lipinski definition) is 2. The van der Waals surface area contributed by atoms with Crippen molar-refractivity contribution in [2.45, 2.75) is 50.9 Å². The van der Waals surface area contributed by atoms with Gasteiger partial charge >= 0.3 is 0 Å². The Labute approximate surface area is 89.5 Å². The van der Waals surface area contributed by atoms with Crippen molar-refractivity contribution in [2.75, 3.05) is 0 Å². The molecule has 0 amide bonds. The van der Waals surface area contributed by atoms with Crippen molar-refractivity contribution in [1.82, 2.24) is 9.55 Å². The Morgan fingerprint density at radius 2 is 2.53 bits per heavy atom. The van der Waals surface area contributed by atoms with Crippen molar-refractivity contribution >= 4 is 0 Å². The van der Waals surface area contributed by atoms with Gasteiger partial charge in [0.2, 0.25) is 0 Å².